The van der Waals surface area contributed by atoms with Crippen LogP contribution < -0.4 is 22.1 Å². The Labute approximate surface area is 147 Å². The molecular formula is C13H7B6ClN2O. The summed E-state index contributed by atoms with van der Waals surface area (Å²) in [4.78, 5) is 15.0. The number of amides is 1. The highest BCUT2D eigenvalue weighted by Gasteiger charge is 2.50. The average Bonchev–Trinajstić information content (AvgIpc) is 2.87. The molecule has 0 aliphatic heterocycles. The van der Waals surface area contributed by atoms with E-state index in [0.717, 1.165) is 0 Å². The summed E-state index contributed by atoms with van der Waals surface area (Å²) in [6.45, 7) is 0. The maximum absolute atomic E-state index is 12.0. The molecule has 0 saturated heterocycles. The smallest absolute Gasteiger partial charge is 0.219 e. The Hall–Kier alpha value is -1.09. The van der Waals surface area contributed by atoms with Crippen molar-refractivity contribution >= 4 is 91.9 Å². The van der Waals surface area contributed by atoms with Crippen molar-refractivity contribution in [1.82, 2.24) is 4.98 Å². The highest BCUT2D eigenvalue weighted by Crippen LogP contribution is 2.50. The second kappa shape index (κ2) is 4.95. The first-order valence-electron chi connectivity index (χ1n) is 6.87. The third-order valence-corrected chi connectivity index (χ3v) is 5.12. The zero-order chi connectivity index (χ0) is 17.3. The molecule has 100 valence electrons. The SMILES string of the molecule is [B]c1c(Cl)c([B])c2c3c([nH]c2c1[B])C([B])(C(N)=O)C([B])([B])CC3. The lowest BCUT2D eigenvalue weighted by Gasteiger charge is -2.47. The molecule has 1 atom stereocenters. The van der Waals surface area contributed by atoms with E-state index < -0.39 is 16.4 Å². The van der Waals surface area contributed by atoms with Crippen LogP contribution in [0.1, 0.15) is 17.7 Å². The van der Waals surface area contributed by atoms with Crippen molar-refractivity contribution in [3.8, 4) is 0 Å². The Bertz CT molecular complexity index is 864. The molecule has 0 spiro atoms. The van der Waals surface area contributed by atoms with Gasteiger partial charge in [0.1, 0.15) is 23.5 Å². The molecule has 1 aromatic heterocycles. The average molecular weight is 308 g/mol. The first-order valence-corrected chi connectivity index (χ1v) is 7.25. The lowest BCUT2D eigenvalue weighted by Crippen LogP contribution is -2.54. The van der Waals surface area contributed by atoms with Crippen LogP contribution in [0, 0.1) is 0 Å². The Morgan fingerprint density at radius 2 is 1.74 bits per heavy atom. The second-order valence-corrected chi connectivity index (χ2v) is 6.37. The summed E-state index contributed by atoms with van der Waals surface area (Å²) in [6, 6.07) is 0. The fraction of sp³-hybridized carbons (Fsp3) is 0.308. The van der Waals surface area contributed by atoms with Gasteiger partial charge in [0.2, 0.25) is 5.91 Å². The van der Waals surface area contributed by atoms with E-state index in [2.05, 4.69) is 4.98 Å². The van der Waals surface area contributed by atoms with E-state index in [0.29, 0.717) is 22.9 Å². The first kappa shape index (κ1) is 16.8. The monoisotopic (exact) mass is 308 g/mol. The molecule has 0 fully saturated rings. The van der Waals surface area contributed by atoms with Crippen molar-refractivity contribution in [3.63, 3.8) is 0 Å². The van der Waals surface area contributed by atoms with E-state index in [9.17, 15) is 4.79 Å². The molecule has 2 aromatic rings. The standard InChI is InChI=1S/C13H7B6ClN2O/c14-5-4-3-1-2-12(17,18)13(19,11(21)23)10(3)22-9(4)7(16)6(15)8(5)20/h22H,1-2H2,(H2,21,23). The fourth-order valence-electron chi connectivity index (χ4n) is 3.25. The number of hydrogen-bond acceptors (Lipinski definition) is 1. The zero-order valence-corrected chi connectivity index (χ0v) is 13.0. The summed E-state index contributed by atoms with van der Waals surface area (Å²) in [6.07, 6.45) is 0.659. The van der Waals surface area contributed by atoms with Crippen molar-refractivity contribution in [3.05, 3.63) is 16.3 Å². The third kappa shape index (κ3) is 1.95. The number of aryl methyl sites for hydroxylation is 1. The number of H-pyrrole nitrogens is 1. The van der Waals surface area contributed by atoms with Gasteiger partial charge in [-0.2, -0.15) is 0 Å². The quantitative estimate of drug-likeness (QED) is 0.560. The number of nitrogens with one attached hydrogen (secondary N) is 1. The van der Waals surface area contributed by atoms with Crippen LogP contribution in [0.3, 0.4) is 0 Å². The van der Waals surface area contributed by atoms with Gasteiger partial charge in [0.05, 0.1) is 23.5 Å². The van der Waals surface area contributed by atoms with Gasteiger partial charge < -0.3 is 10.7 Å². The van der Waals surface area contributed by atoms with Gasteiger partial charge in [0.25, 0.3) is 0 Å². The van der Waals surface area contributed by atoms with Crippen molar-refractivity contribution < 1.29 is 4.79 Å². The van der Waals surface area contributed by atoms with Crippen molar-refractivity contribution in [1.29, 1.82) is 0 Å². The summed E-state index contributed by atoms with van der Waals surface area (Å²) >= 11 is 6.13. The van der Waals surface area contributed by atoms with Gasteiger partial charge in [-0.3, -0.25) is 4.79 Å². The van der Waals surface area contributed by atoms with Gasteiger partial charge in [-0.1, -0.05) is 39.6 Å². The predicted molar refractivity (Wildman–Crippen MR) is 98.6 cm³/mol. The third-order valence-electron chi connectivity index (χ3n) is 4.71. The van der Waals surface area contributed by atoms with Gasteiger partial charge in [-0.05, 0) is 17.4 Å². The molecular weight excluding hydrogens is 300 g/mol. The molecule has 3 N–H and O–H groups in total. The van der Waals surface area contributed by atoms with Crippen LogP contribution in [-0.4, -0.2) is 58.0 Å². The molecule has 1 aliphatic carbocycles. The second-order valence-electron chi connectivity index (χ2n) is 6.00. The first-order chi connectivity index (χ1) is 10.5. The number of primary amides is 1. The van der Waals surface area contributed by atoms with Crippen LogP contribution in [0.15, 0.2) is 0 Å². The van der Waals surface area contributed by atoms with Crippen LogP contribution in [0.25, 0.3) is 10.9 Å². The number of fused-ring (bicyclic) bond motifs is 3. The number of rotatable bonds is 1. The number of benzene rings is 1. The minimum Gasteiger partial charge on any atom is -0.370 e. The normalized spacial score (nSPS) is 22.8. The van der Waals surface area contributed by atoms with E-state index in [1.807, 2.05) is 0 Å². The van der Waals surface area contributed by atoms with E-state index >= 15 is 0 Å². The molecule has 1 heterocycles. The van der Waals surface area contributed by atoms with Crippen LogP contribution >= 0.6 is 11.6 Å². The number of halogens is 1. The van der Waals surface area contributed by atoms with Gasteiger partial charge in [0.15, 0.2) is 0 Å². The van der Waals surface area contributed by atoms with E-state index in [1.165, 1.54) is 0 Å². The minimum absolute atomic E-state index is 0.142. The molecule has 0 saturated carbocycles. The predicted octanol–water partition coefficient (Wildman–Crippen LogP) is -2.55. The van der Waals surface area contributed by atoms with Gasteiger partial charge >= 0.3 is 0 Å². The summed E-state index contributed by atoms with van der Waals surface area (Å²) < 4.78 is 0. The Morgan fingerprint density at radius 1 is 1.13 bits per heavy atom. The molecule has 1 unspecified atom stereocenters. The lowest BCUT2D eigenvalue weighted by atomic mass is 9.32. The molecule has 0 bridgehead atoms. The van der Waals surface area contributed by atoms with Crippen LogP contribution in [0.4, 0.5) is 0 Å². The number of carbonyl (C=O) groups is 1. The van der Waals surface area contributed by atoms with Crippen LogP contribution in [0.5, 0.6) is 0 Å². The van der Waals surface area contributed by atoms with Crippen LogP contribution in [0.2, 0.25) is 10.2 Å². The molecule has 3 nitrogen and oxygen atoms in total. The Balaban J connectivity index is 2.48. The summed E-state index contributed by atoms with van der Waals surface area (Å²) in [7, 11) is 36.3. The van der Waals surface area contributed by atoms with Gasteiger partial charge in [0, 0.05) is 21.5 Å². The minimum atomic E-state index is -1.81. The van der Waals surface area contributed by atoms with Gasteiger partial charge in [-0.15, -0.1) is 0 Å². The molecule has 1 aliphatic rings. The number of carbonyl (C=O) groups excluding carboxylic acids is 1. The maximum Gasteiger partial charge on any atom is 0.219 e. The van der Waals surface area contributed by atoms with Crippen molar-refractivity contribution in [2.45, 2.75) is 23.4 Å². The highest BCUT2D eigenvalue weighted by molar-refractivity contribution is 6.63. The number of aromatic nitrogens is 1. The molecule has 1 aromatic carbocycles. The maximum atomic E-state index is 12.0. The highest BCUT2D eigenvalue weighted by atomic mass is 35.5. The van der Waals surface area contributed by atoms with Crippen molar-refractivity contribution in [2.24, 2.45) is 5.73 Å². The lowest BCUT2D eigenvalue weighted by molar-refractivity contribution is -0.121. The largest absolute Gasteiger partial charge is 0.370 e. The molecule has 12 radical (unpaired) electrons. The van der Waals surface area contributed by atoms with E-state index in [4.69, 9.17) is 64.4 Å². The fourth-order valence-corrected chi connectivity index (χ4v) is 3.44. The summed E-state index contributed by atoms with van der Waals surface area (Å²) in [5.41, 5.74) is 7.48. The molecule has 3 rings (SSSR count). The van der Waals surface area contributed by atoms with E-state index in [1.54, 1.807) is 0 Å². The number of aromatic amines is 1. The molecule has 1 amide bonds. The van der Waals surface area contributed by atoms with Gasteiger partial charge in [-0.25, -0.2) is 0 Å². The Morgan fingerprint density at radius 3 is 2.30 bits per heavy atom. The number of hydrogen-bond donors (Lipinski definition) is 2. The zero-order valence-electron chi connectivity index (χ0n) is 12.2. The van der Waals surface area contributed by atoms with E-state index in [-0.39, 0.29) is 33.5 Å². The Kier molecular flexibility index (Phi) is 3.61. The topological polar surface area (TPSA) is 58.9 Å². The number of nitrogens with two attached hydrogens (primary N) is 1. The van der Waals surface area contributed by atoms with Crippen molar-refractivity contribution in [2.75, 3.05) is 0 Å². The molecule has 23 heavy (non-hydrogen) atoms. The van der Waals surface area contributed by atoms with Crippen LogP contribution in [-0.2, 0) is 16.5 Å². The summed E-state index contributed by atoms with van der Waals surface area (Å²) in [5, 5.41) is -2.62. The summed E-state index contributed by atoms with van der Waals surface area (Å²) in [5.74, 6) is -0.855. The molecule has 10 heteroatoms.